The zero-order valence-corrected chi connectivity index (χ0v) is 22.0. The normalized spacial score (nSPS) is 12.5. The van der Waals surface area contributed by atoms with Gasteiger partial charge in [-0.15, -0.1) is 11.8 Å². The van der Waals surface area contributed by atoms with E-state index >= 15 is 0 Å². The molecule has 33 heavy (non-hydrogen) atoms. The van der Waals surface area contributed by atoms with E-state index in [0.717, 1.165) is 32.6 Å². The minimum absolute atomic E-state index is 0.245. The molecule has 0 bridgehead atoms. The Morgan fingerprint density at radius 3 is 2.30 bits per heavy atom. The van der Waals surface area contributed by atoms with Crippen LogP contribution in [0.1, 0.15) is 26.0 Å². The number of nitrogens with zero attached hydrogens (tertiary/aromatic N) is 3. The van der Waals surface area contributed by atoms with Crippen molar-refractivity contribution in [2.24, 2.45) is 12.0 Å². The Labute approximate surface area is 210 Å². The quantitative estimate of drug-likeness (QED) is 0.321. The molecular weight excluding hydrogens is 474 g/mol. The lowest BCUT2D eigenvalue weighted by Crippen LogP contribution is -1.90. The van der Waals surface area contributed by atoms with Crippen LogP contribution in [0.3, 0.4) is 0 Å². The molecule has 0 radical (unpaired) electrons. The molecule has 0 amide bonds. The zero-order chi connectivity index (χ0) is 24.5. The third-order valence-electron chi connectivity index (χ3n) is 3.71. The molecule has 0 saturated carbocycles. The summed E-state index contributed by atoms with van der Waals surface area (Å²) in [5.74, 6) is -0.245. The molecule has 0 saturated heterocycles. The highest BCUT2D eigenvalue weighted by Crippen LogP contribution is 2.30. The Kier molecular flexibility index (Phi) is 14.8. The van der Waals surface area contributed by atoms with Gasteiger partial charge in [-0.05, 0) is 49.3 Å². The van der Waals surface area contributed by atoms with Gasteiger partial charge >= 0.3 is 5.97 Å². The Hall–Kier alpha value is -2.48. The highest BCUT2D eigenvalue weighted by molar-refractivity contribution is 8.01. The SMILES string of the molecule is C1=CC=CCC=C1.COC(C)=O.CS/C=C(/C)N=Cc1nn(C)cc1Sc1ccc(Cl)cc1. The van der Waals surface area contributed by atoms with Gasteiger partial charge in [0, 0.05) is 35.8 Å². The van der Waals surface area contributed by atoms with E-state index < -0.39 is 0 Å². The van der Waals surface area contributed by atoms with Crippen LogP contribution in [0.25, 0.3) is 0 Å². The number of allylic oxidation sites excluding steroid dienone is 7. The van der Waals surface area contributed by atoms with Crippen molar-refractivity contribution in [1.82, 2.24) is 9.78 Å². The standard InChI is InChI=1S/C15H16ClN3S2.C7H8.C3H6O2/c1-11(10-20-3)17-8-14-15(9-19(2)18-14)21-13-6-4-12(16)5-7-13;1-2-4-6-7-5-3-1;1-3(4)5-2/h4-10H,1-3H3;1-6H,7H2;1-2H3/b11-10-,17-8?;;. The molecule has 0 N–H and O–H groups in total. The number of ether oxygens (including phenoxy) is 1. The van der Waals surface area contributed by atoms with Gasteiger partial charge < -0.3 is 4.74 Å². The number of aliphatic imine (C=N–C) groups is 1. The first-order valence-electron chi connectivity index (χ1n) is 10.1. The van der Waals surface area contributed by atoms with Crippen molar-refractivity contribution in [3.8, 4) is 0 Å². The van der Waals surface area contributed by atoms with Gasteiger partial charge in [0.1, 0.15) is 5.69 Å². The Morgan fingerprint density at radius 2 is 1.76 bits per heavy atom. The fourth-order valence-corrected chi connectivity index (χ4v) is 3.62. The van der Waals surface area contributed by atoms with Gasteiger partial charge in [0.2, 0.25) is 0 Å². The van der Waals surface area contributed by atoms with Crippen LogP contribution < -0.4 is 0 Å². The third-order valence-corrected chi connectivity index (χ3v) is 5.58. The maximum Gasteiger partial charge on any atom is 0.302 e. The number of halogens is 1. The van der Waals surface area contributed by atoms with Crippen LogP contribution in [0, 0.1) is 0 Å². The van der Waals surface area contributed by atoms with Crippen molar-refractivity contribution in [1.29, 1.82) is 0 Å². The van der Waals surface area contributed by atoms with E-state index in [1.54, 1.807) is 34.4 Å². The van der Waals surface area contributed by atoms with Gasteiger partial charge in [0.05, 0.1) is 18.2 Å². The summed E-state index contributed by atoms with van der Waals surface area (Å²) in [5.41, 5.74) is 1.84. The number of hydrogen-bond donors (Lipinski definition) is 0. The van der Waals surface area contributed by atoms with Crippen molar-refractivity contribution >= 4 is 47.3 Å². The van der Waals surface area contributed by atoms with E-state index in [9.17, 15) is 4.79 Å². The average Bonchev–Trinajstić information content (AvgIpc) is 2.98. The summed E-state index contributed by atoms with van der Waals surface area (Å²) < 4.78 is 5.91. The topological polar surface area (TPSA) is 56.5 Å². The summed E-state index contributed by atoms with van der Waals surface area (Å²) in [4.78, 5) is 16.2. The van der Waals surface area contributed by atoms with E-state index in [1.807, 2.05) is 68.2 Å². The largest absolute Gasteiger partial charge is 0.469 e. The van der Waals surface area contributed by atoms with Gasteiger partial charge in [0.25, 0.3) is 0 Å². The number of methoxy groups -OCH3 is 1. The fourth-order valence-electron chi connectivity index (χ4n) is 2.17. The minimum atomic E-state index is -0.245. The molecule has 0 aliphatic heterocycles. The van der Waals surface area contributed by atoms with Crippen LogP contribution in [0.5, 0.6) is 0 Å². The van der Waals surface area contributed by atoms with Crippen LogP contribution in [-0.4, -0.2) is 35.3 Å². The number of aromatic nitrogens is 2. The van der Waals surface area contributed by atoms with E-state index in [0.29, 0.717) is 0 Å². The minimum Gasteiger partial charge on any atom is -0.469 e. The number of benzene rings is 1. The lowest BCUT2D eigenvalue weighted by molar-refractivity contribution is -0.137. The van der Waals surface area contributed by atoms with E-state index in [4.69, 9.17) is 11.6 Å². The second kappa shape index (κ2) is 17.1. The predicted molar refractivity (Wildman–Crippen MR) is 143 cm³/mol. The van der Waals surface area contributed by atoms with E-state index in [1.165, 1.54) is 14.0 Å². The van der Waals surface area contributed by atoms with Crippen LogP contribution in [0.2, 0.25) is 5.02 Å². The monoisotopic (exact) mass is 503 g/mol. The number of hydrogen-bond acceptors (Lipinski definition) is 6. The maximum absolute atomic E-state index is 9.59. The highest BCUT2D eigenvalue weighted by atomic mass is 35.5. The first kappa shape index (κ1) is 28.6. The second-order valence-electron chi connectivity index (χ2n) is 6.53. The first-order valence-corrected chi connectivity index (χ1v) is 12.6. The third kappa shape index (κ3) is 13.6. The van der Waals surface area contributed by atoms with Crippen molar-refractivity contribution < 1.29 is 9.53 Å². The van der Waals surface area contributed by atoms with Crippen molar-refractivity contribution in [2.45, 2.75) is 30.1 Å². The molecule has 0 spiro atoms. The lowest BCUT2D eigenvalue weighted by atomic mass is 10.4. The average molecular weight is 504 g/mol. The molecule has 8 heteroatoms. The second-order valence-corrected chi connectivity index (χ2v) is 8.79. The van der Waals surface area contributed by atoms with Gasteiger partial charge in [-0.2, -0.15) is 5.10 Å². The summed E-state index contributed by atoms with van der Waals surface area (Å²) in [6, 6.07) is 7.78. The molecule has 1 heterocycles. The molecule has 3 rings (SSSR count). The Morgan fingerprint density at radius 1 is 1.15 bits per heavy atom. The summed E-state index contributed by atoms with van der Waals surface area (Å²) in [5, 5.41) is 7.19. The number of carbonyl (C=O) groups excluding carboxylic acids is 1. The van der Waals surface area contributed by atoms with Crippen LogP contribution in [-0.2, 0) is 16.6 Å². The van der Waals surface area contributed by atoms with Crippen molar-refractivity contribution in [2.75, 3.05) is 13.4 Å². The molecule has 1 aromatic carbocycles. The summed E-state index contributed by atoms with van der Waals surface area (Å²) in [6.07, 6.45) is 19.3. The van der Waals surface area contributed by atoms with Gasteiger partial charge in [-0.1, -0.05) is 59.8 Å². The molecule has 5 nitrogen and oxygen atoms in total. The number of esters is 1. The molecule has 0 fully saturated rings. The Bertz CT molecular complexity index is 993. The fraction of sp³-hybridized carbons (Fsp3) is 0.240. The predicted octanol–water partition coefficient (Wildman–Crippen LogP) is 7.11. The first-order chi connectivity index (χ1) is 15.8. The maximum atomic E-state index is 9.59. The van der Waals surface area contributed by atoms with Crippen LogP contribution in [0.4, 0.5) is 0 Å². The number of aryl methyl sites for hydroxylation is 1. The molecular formula is C25H30ClN3O2S2. The zero-order valence-electron chi connectivity index (χ0n) is 19.6. The Balaban J connectivity index is 0.000000370. The molecule has 0 unspecified atom stereocenters. The molecule has 1 aromatic heterocycles. The van der Waals surface area contributed by atoms with E-state index in [2.05, 4.69) is 39.1 Å². The van der Waals surface area contributed by atoms with Gasteiger partial charge in [-0.3, -0.25) is 14.5 Å². The van der Waals surface area contributed by atoms with Crippen LogP contribution in [0.15, 0.2) is 92.8 Å². The number of carbonyl (C=O) groups is 1. The highest BCUT2D eigenvalue weighted by Gasteiger charge is 2.07. The molecule has 2 aromatic rings. The summed E-state index contributed by atoms with van der Waals surface area (Å²) >= 11 is 9.20. The summed E-state index contributed by atoms with van der Waals surface area (Å²) in [7, 11) is 3.26. The van der Waals surface area contributed by atoms with Crippen molar-refractivity contribution in [3.05, 3.63) is 88.7 Å². The van der Waals surface area contributed by atoms with Gasteiger partial charge in [0.15, 0.2) is 0 Å². The van der Waals surface area contributed by atoms with Crippen molar-refractivity contribution in [3.63, 3.8) is 0 Å². The lowest BCUT2D eigenvalue weighted by Gasteiger charge is -1.99. The molecule has 1 aliphatic carbocycles. The van der Waals surface area contributed by atoms with Crippen LogP contribution >= 0.6 is 35.1 Å². The van der Waals surface area contributed by atoms with Gasteiger partial charge in [-0.25, -0.2) is 0 Å². The molecule has 0 atom stereocenters. The summed E-state index contributed by atoms with van der Waals surface area (Å²) in [6.45, 7) is 3.34. The smallest absolute Gasteiger partial charge is 0.302 e. The number of rotatable bonds is 5. The number of thioether (sulfide) groups is 1. The molecule has 1 aliphatic rings. The molecule has 176 valence electrons. The van der Waals surface area contributed by atoms with E-state index in [-0.39, 0.29) is 5.97 Å².